The smallest absolute Gasteiger partial charge is 0.147 e. The molecule has 11 heavy (non-hydrogen) atoms. The fraction of sp³-hybridized carbons (Fsp3) is 0.375. The fourth-order valence-corrected chi connectivity index (χ4v) is 0.932. The Hall–Kier alpha value is -0.630. The second kappa shape index (κ2) is 3.67. The van der Waals surface area contributed by atoms with Gasteiger partial charge in [0.1, 0.15) is 5.15 Å². The Morgan fingerprint density at radius 3 is 2.73 bits per heavy atom. The van der Waals surface area contributed by atoms with Crippen molar-refractivity contribution in [1.82, 2.24) is 9.97 Å². The van der Waals surface area contributed by atoms with Crippen LogP contribution in [0.15, 0.2) is 12.4 Å². The first-order valence-corrected chi connectivity index (χ1v) is 3.88. The number of halogens is 1. The summed E-state index contributed by atoms with van der Waals surface area (Å²) in [6.45, 7) is 4.17. The molecule has 0 aliphatic carbocycles. The number of aromatic nitrogens is 2. The largest absolute Gasteiger partial charge is 0.260 e. The monoisotopic (exact) mass is 169 g/mol. The molecule has 59 valence electrons. The van der Waals surface area contributed by atoms with Crippen LogP contribution in [0.1, 0.15) is 19.5 Å². The highest BCUT2D eigenvalue weighted by Gasteiger charge is 1.99. The predicted molar refractivity (Wildman–Crippen MR) is 45.3 cm³/mol. The lowest BCUT2D eigenvalue weighted by molar-refractivity contribution is 0.764. The summed E-state index contributed by atoms with van der Waals surface area (Å²) < 4.78 is 0. The van der Waals surface area contributed by atoms with Gasteiger partial charge in [0, 0.05) is 12.6 Å². The van der Waals surface area contributed by atoms with E-state index in [2.05, 4.69) is 23.8 Å². The van der Waals surface area contributed by atoms with Crippen LogP contribution in [0.3, 0.4) is 0 Å². The van der Waals surface area contributed by atoms with Crippen molar-refractivity contribution in [3.8, 4) is 0 Å². The van der Waals surface area contributed by atoms with E-state index in [-0.39, 0.29) is 0 Å². The maximum Gasteiger partial charge on any atom is 0.147 e. The summed E-state index contributed by atoms with van der Waals surface area (Å²) in [4.78, 5) is 7.97. The normalized spacial score (nSPS) is 10.5. The SMILES string of the molecule is CC(C)[CH]c1cncc(Cl)n1. The van der Waals surface area contributed by atoms with Crippen LogP contribution in [0.4, 0.5) is 0 Å². The van der Waals surface area contributed by atoms with E-state index in [1.807, 2.05) is 6.42 Å². The molecule has 1 rings (SSSR count). The van der Waals surface area contributed by atoms with E-state index in [1.165, 1.54) is 6.20 Å². The fourth-order valence-electron chi connectivity index (χ4n) is 0.778. The summed E-state index contributed by atoms with van der Waals surface area (Å²) >= 11 is 5.63. The number of hydrogen-bond acceptors (Lipinski definition) is 2. The Balaban J connectivity index is 2.71. The van der Waals surface area contributed by atoms with Gasteiger partial charge in [-0.1, -0.05) is 25.4 Å². The molecule has 1 aromatic heterocycles. The van der Waals surface area contributed by atoms with E-state index >= 15 is 0 Å². The molecule has 0 aliphatic heterocycles. The second-order valence-electron chi connectivity index (χ2n) is 2.68. The van der Waals surface area contributed by atoms with Crippen molar-refractivity contribution in [3.63, 3.8) is 0 Å². The van der Waals surface area contributed by atoms with Gasteiger partial charge in [0.05, 0.1) is 11.9 Å². The minimum atomic E-state index is 0.444. The standard InChI is InChI=1S/C8H10ClN2/c1-6(2)3-7-4-10-5-8(9)11-7/h3-6H,1-2H3. The first-order valence-electron chi connectivity index (χ1n) is 3.51. The van der Waals surface area contributed by atoms with Crippen LogP contribution in [0.2, 0.25) is 5.15 Å². The molecule has 0 atom stereocenters. The van der Waals surface area contributed by atoms with Gasteiger partial charge in [0.25, 0.3) is 0 Å². The molecule has 0 aliphatic rings. The average Bonchev–Trinajstić information content (AvgIpc) is 1.85. The molecule has 0 saturated heterocycles. The molecule has 0 bridgehead atoms. The van der Waals surface area contributed by atoms with Crippen molar-refractivity contribution in [2.75, 3.05) is 0 Å². The number of rotatable bonds is 2. The molecular weight excluding hydrogens is 160 g/mol. The van der Waals surface area contributed by atoms with Crippen LogP contribution in [0.5, 0.6) is 0 Å². The second-order valence-corrected chi connectivity index (χ2v) is 3.06. The first-order chi connectivity index (χ1) is 5.18. The van der Waals surface area contributed by atoms with Gasteiger partial charge < -0.3 is 0 Å². The molecule has 1 aromatic rings. The minimum absolute atomic E-state index is 0.444. The van der Waals surface area contributed by atoms with Gasteiger partial charge in [0.15, 0.2) is 0 Å². The first kappa shape index (κ1) is 8.47. The van der Waals surface area contributed by atoms with Crippen LogP contribution in [0.25, 0.3) is 0 Å². The Morgan fingerprint density at radius 1 is 1.45 bits per heavy atom. The van der Waals surface area contributed by atoms with Crippen molar-refractivity contribution in [3.05, 3.63) is 29.7 Å². The third kappa shape index (κ3) is 2.85. The van der Waals surface area contributed by atoms with Gasteiger partial charge in [-0.15, -0.1) is 0 Å². The Bertz CT molecular complexity index is 235. The van der Waals surface area contributed by atoms with Crippen LogP contribution >= 0.6 is 11.6 Å². The molecule has 0 amide bonds. The van der Waals surface area contributed by atoms with Crippen molar-refractivity contribution in [2.24, 2.45) is 5.92 Å². The maximum atomic E-state index is 5.63. The lowest BCUT2D eigenvalue weighted by Crippen LogP contribution is -1.94. The molecule has 0 aromatic carbocycles. The van der Waals surface area contributed by atoms with Crippen molar-refractivity contribution >= 4 is 11.6 Å². The van der Waals surface area contributed by atoms with Crippen LogP contribution in [-0.4, -0.2) is 9.97 Å². The highest BCUT2D eigenvalue weighted by molar-refractivity contribution is 6.29. The zero-order valence-corrected chi connectivity index (χ0v) is 7.34. The van der Waals surface area contributed by atoms with E-state index in [1.54, 1.807) is 6.20 Å². The van der Waals surface area contributed by atoms with E-state index < -0.39 is 0 Å². The lowest BCUT2D eigenvalue weighted by Gasteiger charge is -2.01. The van der Waals surface area contributed by atoms with Crippen molar-refractivity contribution in [1.29, 1.82) is 0 Å². The maximum absolute atomic E-state index is 5.63. The van der Waals surface area contributed by atoms with Crippen molar-refractivity contribution in [2.45, 2.75) is 13.8 Å². The number of hydrogen-bond donors (Lipinski definition) is 0. The van der Waals surface area contributed by atoms with Crippen LogP contribution < -0.4 is 0 Å². The average molecular weight is 170 g/mol. The molecule has 0 saturated carbocycles. The number of nitrogens with zero attached hydrogens (tertiary/aromatic N) is 2. The van der Waals surface area contributed by atoms with E-state index in [0.29, 0.717) is 11.1 Å². The molecule has 2 nitrogen and oxygen atoms in total. The highest BCUT2D eigenvalue weighted by Crippen LogP contribution is 2.09. The zero-order valence-electron chi connectivity index (χ0n) is 6.58. The van der Waals surface area contributed by atoms with Crippen LogP contribution in [-0.2, 0) is 0 Å². The topological polar surface area (TPSA) is 25.8 Å². The summed E-state index contributed by atoms with van der Waals surface area (Å²) in [5.74, 6) is 0.475. The molecular formula is C8H10ClN2. The van der Waals surface area contributed by atoms with Gasteiger partial charge in [0.2, 0.25) is 0 Å². The van der Waals surface area contributed by atoms with E-state index in [0.717, 1.165) is 5.69 Å². The third-order valence-electron chi connectivity index (χ3n) is 1.13. The Labute approximate surface area is 71.6 Å². The van der Waals surface area contributed by atoms with Gasteiger partial charge in [-0.2, -0.15) is 0 Å². The van der Waals surface area contributed by atoms with Crippen molar-refractivity contribution < 1.29 is 0 Å². The zero-order chi connectivity index (χ0) is 8.27. The summed E-state index contributed by atoms with van der Waals surface area (Å²) in [7, 11) is 0. The molecule has 1 heterocycles. The third-order valence-corrected chi connectivity index (χ3v) is 1.31. The summed E-state index contributed by atoms with van der Waals surface area (Å²) in [5, 5.41) is 0.444. The molecule has 0 fully saturated rings. The summed E-state index contributed by atoms with van der Waals surface area (Å²) in [6, 6.07) is 0. The van der Waals surface area contributed by atoms with Gasteiger partial charge >= 0.3 is 0 Å². The molecule has 0 N–H and O–H groups in total. The Morgan fingerprint density at radius 2 is 2.18 bits per heavy atom. The summed E-state index contributed by atoms with van der Waals surface area (Å²) in [6.07, 6.45) is 5.24. The van der Waals surface area contributed by atoms with E-state index in [4.69, 9.17) is 11.6 Å². The quantitative estimate of drug-likeness (QED) is 0.679. The highest BCUT2D eigenvalue weighted by atomic mass is 35.5. The lowest BCUT2D eigenvalue weighted by atomic mass is 10.1. The summed E-state index contributed by atoms with van der Waals surface area (Å²) in [5.41, 5.74) is 0.840. The molecule has 1 radical (unpaired) electrons. The molecule has 3 heteroatoms. The van der Waals surface area contributed by atoms with Gasteiger partial charge in [-0.3, -0.25) is 4.98 Å². The molecule has 0 spiro atoms. The van der Waals surface area contributed by atoms with Gasteiger partial charge in [-0.25, -0.2) is 4.98 Å². The Kier molecular flexibility index (Phi) is 2.83. The van der Waals surface area contributed by atoms with Gasteiger partial charge in [-0.05, 0) is 5.92 Å². The minimum Gasteiger partial charge on any atom is -0.260 e. The van der Waals surface area contributed by atoms with E-state index in [9.17, 15) is 0 Å². The van der Waals surface area contributed by atoms with Crippen LogP contribution in [0, 0.1) is 12.3 Å². The molecule has 0 unspecified atom stereocenters. The predicted octanol–water partition coefficient (Wildman–Crippen LogP) is 2.34.